The first-order valence-corrected chi connectivity index (χ1v) is 7.45. The van der Waals surface area contributed by atoms with Gasteiger partial charge in [-0.3, -0.25) is 0 Å². The van der Waals surface area contributed by atoms with Crippen molar-refractivity contribution in [2.24, 2.45) is 5.92 Å². The number of hydrogen-bond acceptors (Lipinski definition) is 3. The van der Waals surface area contributed by atoms with Crippen molar-refractivity contribution in [3.8, 4) is 0 Å². The molecule has 2 heterocycles. The molecule has 17 heavy (non-hydrogen) atoms. The SMILES string of the molecule is CCc1nc2sc3c(c2c(=S)[nH]1)CC[C@H](C)C3. The van der Waals surface area contributed by atoms with Crippen LogP contribution in [0.2, 0.25) is 0 Å². The lowest BCUT2D eigenvalue weighted by atomic mass is 9.89. The van der Waals surface area contributed by atoms with Gasteiger partial charge in [-0.1, -0.05) is 26.1 Å². The molecule has 2 nitrogen and oxygen atoms in total. The Bertz CT molecular complexity index is 624. The molecule has 1 atom stereocenters. The van der Waals surface area contributed by atoms with Gasteiger partial charge in [0.05, 0.1) is 0 Å². The lowest BCUT2D eigenvalue weighted by molar-refractivity contribution is 0.509. The summed E-state index contributed by atoms with van der Waals surface area (Å²) in [7, 11) is 0. The summed E-state index contributed by atoms with van der Waals surface area (Å²) < 4.78 is 0.888. The van der Waals surface area contributed by atoms with Crippen LogP contribution in [0.1, 0.15) is 36.5 Å². The maximum absolute atomic E-state index is 5.49. The number of thiophene rings is 1. The topological polar surface area (TPSA) is 28.7 Å². The van der Waals surface area contributed by atoms with E-state index < -0.39 is 0 Å². The summed E-state index contributed by atoms with van der Waals surface area (Å²) >= 11 is 7.34. The molecule has 0 bridgehead atoms. The van der Waals surface area contributed by atoms with E-state index in [9.17, 15) is 0 Å². The second-order valence-corrected chi connectivity index (χ2v) is 6.39. The number of H-pyrrole nitrogens is 1. The maximum Gasteiger partial charge on any atom is 0.128 e. The molecule has 1 N–H and O–H groups in total. The molecule has 0 saturated heterocycles. The van der Waals surface area contributed by atoms with Gasteiger partial charge >= 0.3 is 0 Å². The molecule has 4 heteroatoms. The third-order valence-corrected chi connectivity index (χ3v) is 5.00. The predicted octanol–water partition coefficient (Wildman–Crippen LogP) is 4.04. The van der Waals surface area contributed by atoms with Crippen molar-refractivity contribution in [2.75, 3.05) is 0 Å². The Labute approximate surface area is 110 Å². The van der Waals surface area contributed by atoms with Gasteiger partial charge in [-0.05, 0) is 30.7 Å². The zero-order valence-corrected chi connectivity index (χ0v) is 11.8. The van der Waals surface area contributed by atoms with Crippen LogP contribution in [0, 0.1) is 10.6 Å². The van der Waals surface area contributed by atoms with Crippen LogP contribution in [-0.4, -0.2) is 9.97 Å². The van der Waals surface area contributed by atoms with Crippen LogP contribution in [0.15, 0.2) is 0 Å². The lowest BCUT2D eigenvalue weighted by Crippen LogP contribution is -2.08. The first-order chi connectivity index (χ1) is 8.19. The normalized spacial score (nSPS) is 19.5. The van der Waals surface area contributed by atoms with Gasteiger partial charge in [0.2, 0.25) is 0 Å². The minimum absolute atomic E-state index is 0.804. The van der Waals surface area contributed by atoms with E-state index in [1.165, 1.54) is 35.1 Å². The molecule has 0 amide bonds. The highest BCUT2D eigenvalue weighted by Gasteiger charge is 2.21. The largest absolute Gasteiger partial charge is 0.334 e. The fourth-order valence-electron chi connectivity index (χ4n) is 2.56. The van der Waals surface area contributed by atoms with E-state index in [1.807, 2.05) is 11.3 Å². The zero-order valence-electron chi connectivity index (χ0n) is 10.2. The van der Waals surface area contributed by atoms with E-state index in [0.29, 0.717) is 0 Å². The summed E-state index contributed by atoms with van der Waals surface area (Å²) in [6, 6.07) is 0. The number of nitrogens with one attached hydrogen (secondary N) is 1. The van der Waals surface area contributed by atoms with Crippen molar-refractivity contribution in [3.63, 3.8) is 0 Å². The quantitative estimate of drug-likeness (QED) is 0.787. The first-order valence-electron chi connectivity index (χ1n) is 6.22. The van der Waals surface area contributed by atoms with Crippen molar-refractivity contribution in [2.45, 2.75) is 39.5 Å². The average Bonchev–Trinajstić information content (AvgIpc) is 2.66. The Morgan fingerprint density at radius 3 is 3.12 bits per heavy atom. The molecule has 0 radical (unpaired) electrons. The van der Waals surface area contributed by atoms with Gasteiger partial charge in [-0.2, -0.15) is 0 Å². The molecule has 3 rings (SSSR count). The molecule has 1 aliphatic rings. The van der Waals surface area contributed by atoms with Gasteiger partial charge in [0.15, 0.2) is 0 Å². The summed E-state index contributed by atoms with van der Waals surface area (Å²) in [5, 5.41) is 1.23. The van der Waals surface area contributed by atoms with Crippen LogP contribution in [0.3, 0.4) is 0 Å². The highest BCUT2D eigenvalue weighted by molar-refractivity contribution is 7.71. The molecule has 2 aromatic heterocycles. The highest BCUT2D eigenvalue weighted by Crippen LogP contribution is 2.37. The molecule has 1 aliphatic carbocycles. The smallest absolute Gasteiger partial charge is 0.128 e. The highest BCUT2D eigenvalue weighted by atomic mass is 32.1. The molecule has 0 spiro atoms. The number of aromatic nitrogens is 2. The number of aryl methyl sites for hydroxylation is 2. The van der Waals surface area contributed by atoms with Gasteiger partial charge < -0.3 is 4.98 Å². The summed E-state index contributed by atoms with van der Waals surface area (Å²) in [5.41, 5.74) is 1.47. The number of rotatable bonds is 1. The Kier molecular flexibility index (Phi) is 2.79. The molecule has 0 fully saturated rings. The number of nitrogens with zero attached hydrogens (tertiary/aromatic N) is 1. The predicted molar refractivity (Wildman–Crippen MR) is 75.4 cm³/mol. The molecular weight excluding hydrogens is 248 g/mol. The van der Waals surface area contributed by atoms with Gasteiger partial charge in [-0.15, -0.1) is 11.3 Å². The Morgan fingerprint density at radius 1 is 1.53 bits per heavy atom. The van der Waals surface area contributed by atoms with Crippen LogP contribution in [-0.2, 0) is 19.3 Å². The van der Waals surface area contributed by atoms with Crippen molar-refractivity contribution in [1.82, 2.24) is 9.97 Å². The lowest BCUT2D eigenvalue weighted by Gasteiger charge is -2.17. The van der Waals surface area contributed by atoms with Crippen LogP contribution in [0.25, 0.3) is 10.2 Å². The summed E-state index contributed by atoms with van der Waals surface area (Å²) in [6.07, 6.45) is 4.56. The van der Waals surface area contributed by atoms with Crippen LogP contribution in [0.5, 0.6) is 0 Å². The van der Waals surface area contributed by atoms with E-state index in [2.05, 4.69) is 23.8 Å². The molecular formula is C13H16N2S2. The van der Waals surface area contributed by atoms with Crippen molar-refractivity contribution in [3.05, 3.63) is 20.9 Å². The van der Waals surface area contributed by atoms with Crippen LogP contribution in [0.4, 0.5) is 0 Å². The average molecular weight is 264 g/mol. The van der Waals surface area contributed by atoms with Crippen molar-refractivity contribution < 1.29 is 0 Å². The van der Waals surface area contributed by atoms with Gasteiger partial charge in [0.25, 0.3) is 0 Å². The molecule has 0 aliphatic heterocycles. The van der Waals surface area contributed by atoms with Gasteiger partial charge in [0, 0.05) is 16.7 Å². The first kappa shape index (κ1) is 11.4. The van der Waals surface area contributed by atoms with Gasteiger partial charge in [-0.25, -0.2) is 4.98 Å². The number of aromatic amines is 1. The second kappa shape index (κ2) is 4.18. The van der Waals surface area contributed by atoms with E-state index in [0.717, 1.165) is 27.6 Å². The van der Waals surface area contributed by atoms with Crippen molar-refractivity contribution >= 4 is 33.8 Å². The molecule has 2 aromatic rings. The third-order valence-electron chi connectivity index (χ3n) is 3.55. The van der Waals surface area contributed by atoms with Gasteiger partial charge in [0.1, 0.15) is 15.3 Å². The Balaban J connectivity index is 2.28. The van der Waals surface area contributed by atoms with E-state index in [-0.39, 0.29) is 0 Å². The molecule has 0 unspecified atom stereocenters. The van der Waals surface area contributed by atoms with Crippen molar-refractivity contribution in [1.29, 1.82) is 0 Å². The summed E-state index contributed by atoms with van der Waals surface area (Å²) in [4.78, 5) is 10.6. The fraction of sp³-hybridized carbons (Fsp3) is 0.538. The van der Waals surface area contributed by atoms with Crippen LogP contribution < -0.4 is 0 Å². The minimum atomic E-state index is 0.804. The zero-order chi connectivity index (χ0) is 12.0. The summed E-state index contributed by atoms with van der Waals surface area (Å²) in [6.45, 7) is 4.44. The monoisotopic (exact) mass is 264 g/mol. The second-order valence-electron chi connectivity index (χ2n) is 4.90. The van der Waals surface area contributed by atoms with Crippen LogP contribution >= 0.6 is 23.6 Å². The molecule has 0 saturated carbocycles. The summed E-state index contributed by atoms with van der Waals surface area (Å²) in [5.74, 6) is 1.81. The minimum Gasteiger partial charge on any atom is -0.334 e. The molecule has 0 aromatic carbocycles. The standard InChI is InChI=1S/C13H16N2S2/c1-3-10-14-12(16)11-8-5-4-7(2)6-9(8)17-13(11)15-10/h7H,3-6H2,1-2H3,(H,14,15,16)/t7-/m0/s1. The van der Waals surface area contributed by atoms with E-state index >= 15 is 0 Å². The fourth-order valence-corrected chi connectivity index (χ4v) is 4.37. The maximum atomic E-state index is 5.49. The Hall–Kier alpha value is -0.740. The number of hydrogen-bond donors (Lipinski definition) is 1. The Morgan fingerprint density at radius 2 is 2.35 bits per heavy atom. The third kappa shape index (κ3) is 1.83. The molecule has 90 valence electrons. The van der Waals surface area contributed by atoms with E-state index in [1.54, 1.807) is 0 Å². The number of fused-ring (bicyclic) bond motifs is 3. The van der Waals surface area contributed by atoms with E-state index in [4.69, 9.17) is 12.2 Å².